The summed E-state index contributed by atoms with van der Waals surface area (Å²) in [6.45, 7) is 6.25. The van der Waals surface area contributed by atoms with Crippen LogP contribution in [0, 0.1) is 0 Å². The number of nitrogens with one attached hydrogen (secondary N) is 2. The van der Waals surface area contributed by atoms with Gasteiger partial charge in [0, 0.05) is 0 Å². The van der Waals surface area contributed by atoms with Crippen molar-refractivity contribution >= 4 is 38.8 Å². The van der Waals surface area contributed by atoms with Gasteiger partial charge in [0.05, 0.1) is 48.3 Å². The van der Waals surface area contributed by atoms with Crippen molar-refractivity contribution in [2.24, 2.45) is 0 Å². The molecule has 27 heavy (non-hydrogen) atoms. The molecule has 1 saturated heterocycles. The first-order chi connectivity index (χ1) is 13.2. The second-order valence-electron chi connectivity index (χ2n) is 7.27. The third kappa shape index (κ3) is 4.73. The van der Waals surface area contributed by atoms with Gasteiger partial charge in [-0.1, -0.05) is 18.2 Å². The zero-order valence-electron chi connectivity index (χ0n) is 15.6. The van der Waals surface area contributed by atoms with Crippen molar-refractivity contribution in [3.8, 4) is 0 Å². The van der Waals surface area contributed by atoms with Crippen molar-refractivity contribution < 1.29 is 14.6 Å². The fraction of sp³-hybridized carbons (Fsp3) is 0.400. The number of para-hydroxylation sites is 1. The van der Waals surface area contributed by atoms with Crippen LogP contribution in [-0.2, 0) is 17.9 Å². The highest BCUT2D eigenvalue weighted by Gasteiger charge is 2.26. The summed E-state index contributed by atoms with van der Waals surface area (Å²) in [7, 11) is 2.09. The van der Waals surface area contributed by atoms with Gasteiger partial charge in [0.1, 0.15) is 18.1 Å². The summed E-state index contributed by atoms with van der Waals surface area (Å²) in [5, 5.41) is 3.24. The molecule has 0 radical (unpaired) electrons. The number of likely N-dealkylation sites (N-methyl/N-ethyl adjacent to an activating group) is 1. The van der Waals surface area contributed by atoms with E-state index in [2.05, 4.69) is 35.6 Å². The molecule has 2 aromatic heterocycles. The van der Waals surface area contributed by atoms with Crippen LogP contribution in [0.3, 0.4) is 0 Å². The van der Waals surface area contributed by atoms with Gasteiger partial charge in [0.25, 0.3) is 5.91 Å². The Morgan fingerprint density at radius 3 is 2.78 bits per heavy atom. The van der Waals surface area contributed by atoms with Crippen LogP contribution in [0.1, 0.15) is 9.88 Å². The van der Waals surface area contributed by atoms with Crippen LogP contribution in [-0.4, -0.2) is 55.6 Å². The van der Waals surface area contributed by atoms with Crippen LogP contribution in [0.15, 0.2) is 41.8 Å². The van der Waals surface area contributed by atoms with Crippen LogP contribution in [0.5, 0.6) is 0 Å². The number of fused-ring (bicyclic) bond motifs is 1. The lowest BCUT2D eigenvalue weighted by atomic mass is 10.3. The minimum absolute atomic E-state index is 0.267. The molecule has 1 atom stereocenters. The largest absolute Gasteiger partial charge is 0.328 e. The number of thiazole rings is 1. The second-order valence-corrected chi connectivity index (χ2v) is 9.42. The Hall–Kier alpha value is -1.80. The van der Waals surface area contributed by atoms with E-state index in [1.807, 2.05) is 34.4 Å². The maximum Gasteiger partial charge on any atom is 0.278 e. The highest BCUT2D eigenvalue weighted by molar-refractivity contribution is 7.18. The smallest absolute Gasteiger partial charge is 0.278 e. The van der Waals surface area contributed by atoms with Gasteiger partial charge in [-0.05, 0) is 23.6 Å². The average Bonchev–Trinajstić information content (AvgIpc) is 3.31. The predicted octanol–water partition coefficient (Wildman–Crippen LogP) is 0.300. The van der Waals surface area contributed by atoms with Crippen molar-refractivity contribution in [1.82, 2.24) is 9.88 Å². The van der Waals surface area contributed by atoms with Gasteiger partial charge in [-0.3, -0.25) is 4.79 Å². The van der Waals surface area contributed by atoms with E-state index in [4.69, 9.17) is 0 Å². The molecule has 4 rings (SSSR count). The van der Waals surface area contributed by atoms with Gasteiger partial charge in [0.15, 0.2) is 6.54 Å². The summed E-state index contributed by atoms with van der Waals surface area (Å²) < 4.78 is 1.22. The molecule has 142 valence electrons. The van der Waals surface area contributed by atoms with Gasteiger partial charge >= 0.3 is 0 Å². The van der Waals surface area contributed by atoms with E-state index in [-0.39, 0.29) is 5.91 Å². The van der Waals surface area contributed by atoms with Crippen molar-refractivity contribution in [3.63, 3.8) is 0 Å². The Balaban J connectivity index is 1.25. The van der Waals surface area contributed by atoms with E-state index in [9.17, 15) is 4.79 Å². The van der Waals surface area contributed by atoms with Gasteiger partial charge in [-0.2, -0.15) is 0 Å². The van der Waals surface area contributed by atoms with Crippen LogP contribution < -0.4 is 9.80 Å². The Kier molecular flexibility index (Phi) is 5.83. The molecule has 7 heteroatoms. The molecule has 1 aliphatic rings. The highest BCUT2D eigenvalue weighted by atomic mass is 32.1. The Morgan fingerprint density at radius 1 is 1.22 bits per heavy atom. The standard InChI is InChI=1S/C20H24N4OS2/c1-22(14-19-21-17-6-2-3-7-18(17)27-19)15-20(25)24-10-8-23(9-11-24)13-16-5-4-12-26-16/h2-7,12H,8-11,13-15H2,1H3/p+2. The number of aromatic nitrogens is 1. The number of rotatable bonds is 6. The predicted molar refractivity (Wildman–Crippen MR) is 110 cm³/mol. The van der Waals surface area contributed by atoms with Crippen molar-refractivity contribution in [1.29, 1.82) is 0 Å². The first kappa shape index (κ1) is 18.6. The van der Waals surface area contributed by atoms with Crippen molar-refractivity contribution in [2.75, 3.05) is 39.8 Å². The van der Waals surface area contributed by atoms with Crippen LogP contribution in [0.2, 0.25) is 0 Å². The van der Waals surface area contributed by atoms with Gasteiger partial charge in [0.2, 0.25) is 0 Å². The maximum absolute atomic E-state index is 12.7. The number of piperazine rings is 1. The number of carbonyl (C=O) groups excluding carboxylic acids is 1. The summed E-state index contributed by atoms with van der Waals surface area (Å²) in [4.78, 5) is 23.6. The Labute approximate surface area is 167 Å². The molecule has 2 N–H and O–H groups in total. The Bertz CT molecular complexity index is 851. The summed E-state index contributed by atoms with van der Waals surface area (Å²) in [5.74, 6) is 0.267. The lowest BCUT2D eigenvalue weighted by Crippen LogP contribution is -3.14. The molecule has 0 saturated carbocycles. The zero-order chi connectivity index (χ0) is 18.6. The fourth-order valence-corrected chi connectivity index (χ4v) is 5.45. The molecular formula is C20H26N4OS2+2. The molecule has 5 nitrogen and oxygen atoms in total. The van der Waals surface area contributed by atoms with E-state index < -0.39 is 0 Å². The number of carbonyl (C=O) groups is 1. The van der Waals surface area contributed by atoms with Crippen molar-refractivity contribution in [3.05, 3.63) is 51.7 Å². The zero-order valence-corrected chi connectivity index (χ0v) is 17.2. The molecule has 0 spiro atoms. The SMILES string of the molecule is C[NH+](CC(=O)N1CC[NH+](Cc2cccs2)CC1)Cc1nc2ccccc2s1. The molecule has 3 heterocycles. The molecule has 0 bridgehead atoms. The quantitative estimate of drug-likeness (QED) is 0.623. The summed E-state index contributed by atoms with van der Waals surface area (Å²) in [5.41, 5.74) is 1.06. The van der Waals surface area contributed by atoms with Crippen LogP contribution >= 0.6 is 22.7 Å². The molecule has 1 amide bonds. The summed E-state index contributed by atoms with van der Waals surface area (Å²) in [6.07, 6.45) is 0. The van der Waals surface area contributed by atoms with E-state index >= 15 is 0 Å². The molecular weight excluding hydrogens is 376 g/mol. The number of thiophene rings is 1. The second kappa shape index (κ2) is 8.48. The fourth-order valence-electron chi connectivity index (χ4n) is 3.59. The summed E-state index contributed by atoms with van der Waals surface area (Å²) >= 11 is 3.56. The minimum Gasteiger partial charge on any atom is -0.328 e. The number of amides is 1. The number of benzene rings is 1. The summed E-state index contributed by atoms with van der Waals surface area (Å²) in [6, 6.07) is 12.5. The third-order valence-electron chi connectivity index (χ3n) is 5.07. The molecule has 1 fully saturated rings. The molecule has 1 aliphatic heterocycles. The molecule has 0 aliphatic carbocycles. The Morgan fingerprint density at radius 2 is 2.04 bits per heavy atom. The lowest BCUT2D eigenvalue weighted by molar-refractivity contribution is -0.917. The van der Waals surface area contributed by atoms with Gasteiger partial charge < -0.3 is 14.7 Å². The molecule has 1 aromatic carbocycles. The van der Waals surface area contributed by atoms with E-state index in [0.717, 1.165) is 49.8 Å². The van der Waals surface area contributed by atoms with Crippen LogP contribution in [0.4, 0.5) is 0 Å². The monoisotopic (exact) mass is 402 g/mol. The highest BCUT2D eigenvalue weighted by Crippen LogP contribution is 2.20. The van der Waals surface area contributed by atoms with Crippen LogP contribution in [0.25, 0.3) is 10.2 Å². The number of hydrogen-bond acceptors (Lipinski definition) is 4. The van der Waals surface area contributed by atoms with Gasteiger partial charge in [-0.15, -0.1) is 22.7 Å². The van der Waals surface area contributed by atoms with Crippen molar-refractivity contribution in [2.45, 2.75) is 13.1 Å². The average molecular weight is 403 g/mol. The number of quaternary nitrogens is 2. The minimum atomic E-state index is 0.267. The normalized spacial score (nSPS) is 16.7. The van der Waals surface area contributed by atoms with Gasteiger partial charge in [-0.25, -0.2) is 4.98 Å². The van der Waals surface area contributed by atoms with E-state index in [1.165, 1.54) is 14.5 Å². The van der Waals surface area contributed by atoms with E-state index in [1.54, 1.807) is 16.2 Å². The first-order valence-corrected chi connectivity index (χ1v) is 11.2. The number of hydrogen-bond donors (Lipinski definition) is 2. The first-order valence-electron chi connectivity index (χ1n) is 9.47. The third-order valence-corrected chi connectivity index (χ3v) is 6.98. The number of nitrogens with zero attached hydrogens (tertiary/aromatic N) is 2. The topological polar surface area (TPSA) is 42.1 Å². The maximum atomic E-state index is 12.7. The van der Waals surface area contributed by atoms with E-state index in [0.29, 0.717) is 6.54 Å². The molecule has 3 aromatic rings. The molecule has 1 unspecified atom stereocenters. The lowest BCUT2D eigenvalue weighted by Gasteiger charge is -2.32.